The van der Waals surface area contributed by atoms with Crippen molar-refractivity contribution in [3.05, 3.63) is 69.1 Å². The first-order valence-electron chi connectivity index (χ1n) is 11.4. The minimum absolute atomic E-state index is 0.114. The molecule has 2 aliphatic rings. The van der Waals surface area contributed by atoms with Crippen LogP contribution in [0, 0.1) is 6.92 Å². The summed E-state index contributed by atoms with van der Waals surface area (Å²) >= 11 is 0. The van der Waals surface area contributed by atoms with E-state index in [0.717, 1.165) is 24.2 Å². The lowest BCUT2D eigenvalue weighted by atomic mass is 9.97. The molecular formula is C26H28N2O6. The smallest absolute Gasteiger partial charge is 0.290 e. The van der Waals surface area contributed by atoms with Gasteiger partial charge in [0.05, 0.1) is 44.4 Å². The molecule has 1 amide bonds. The van der Waals surface area contributed by atoms with Crippen LogP contribution in [0.4, 0.5) is 0 Å². The van der Waals surface area contributed by atoms with E-state index < -0.39 is 6.04 Å². The van der Waals surface area contributed by atoms with E-state index in [-0.39, 0.29) is 17.1 Å². The van der Waals surface area contributed by atoms with Crippen LogP contribution < -0.4 is 14.9 Å². The van der Waals surface area contributed by atoms with Crippen molar-refractivity contribution in [1.29, 1.82) is 0 Å². The number of benzene rings is 2. The summed E-state index contributed by atoms with van der Waals surface area (Å²) in [6.07, 6.45) is 0. The van der Waals surface area contributed by atoms with Gasteiger partial charge in [-0.15, -0.1) is 0 Å². The van der Waals surface area contributed by atoms with Crippen LogP contribution >= 0.6 is 0 Å². The van der Waals surface area contributed by atoms with Crippen LogP contribution in [0.2, 0.25) is 0 Å². The highest BCUT2D eigenvalue weighted by Gasteiger charge is 2.43. The molecule has 1 aromatic heterocycles. The Morgan fingerprint density at radius 2 is 1.74 bits per heavy atom. The average Bonchev–Trinajstić information content (AvgIpc) is 3.15. The van der Waals surface area contributed by atoms with E-state index in [0.29, 0.717) is 54.3 Å². The van der Waals surface area contributed by atoms with Crippen molar-refractivity contribution in [3.63, 3.8) is 0 Å². The van der Waals surface area contributed by atoms with Crippen LogP contribution in [0.1, 0.15) is 33.3 Å². The van der Waals surface area contributed by atoms with Gasteiger partial charge in [0.25, 0.3) is 5.91 Å². The Kier molecular flexibility index (Phi) is 6.02. The van der Waals surface area contributed by atoms with Gasteiger partial charge in [0, 0.05) is 26.2 Å². The van der Waals surface area contributed by atoms with Crippen LogP contribution in [0.3, 0.4) is 0 Å². The van der Waals surface area contributed by atoms with Gasteiger partial charge in [-0.1, -0.05) is 17.7 Å². The van der Waals surface area contributed by atoms with Crippen molar-refractivity contribution < 1.29 is 23.4 Å². The van der Waals surface area contributed by atoms with Gasteiger partial charge < -0.3 is 23.5 Å². The molecule has 2 aliphatic heterocycles. The van der Waals surface area contributed by atoms with Gasteiger partial charge in [0.15, 0.2) is 16.9 Å². The number of fused-ring (bicyclic) bond motifs is 2. The largest absolute Gasteiger partial charge is 0.493 e. The molecule has 0 bridgehead atoms. The van der Waals surface area contributed by atoms with E-state index >= 15 is 0 Å². The lowest BCUT2D eigenvalue weighted by Crippen LogP contribution is -2.42. The molecule has 34 heavy (non-hydrogen) atoms. The molecule has 178 valence electrons. The average molecular weight is 465 g/mol. The van der Waals surface area contributed by atoms with Crippen molar-refractivity contribution in [2.45, 2.75) is 13.0 Å². The second kappa shape index (κ2) is 9.12. The number of carbonyl (C=O) groups is 1. The highest BCUT2D eigenvalue weighted by Crippen LogP contribution is 2.40. The standard InChI is InChI=1S/C26H28N2O6/c1-16-4-6-19-18(14-16)24(29)22-23(17-5-7-20(31-2)21(15-17)32-3)28(26(30)25(22)34-19)9-8-27-10-12-33-13-11-27/h4-7,14-15,23H,8-13H2,1-3H3/t23-/m1/s1. The van der Waals surface area contributed by atoms with Crippen molar-refractivity contribution in [3.8, 4) is 11.5 Å². The minimum atomic E-state index is -0.579. The predicted octanol–water partition coefficient (Wildman–Crippen LogP) is 3.00. The molecule has 1 fully saturated rings. The third-order valence-electron chi connectivity index (χ3n) is 6.61. The Morgan fingerprint density at radius 1 is 0.971 bits per heavy atom. The summed E-state index contributed by atoms with van der Waals surface area (Å²) in [5.74, 6) is 0.956. The van der Waals surface area contributed by atoms with Crippen molar-refractivity contribution in [1.82, 2.24) is 9.80 Å². The fourth-order valence-electron chi connectivity index (χ4n) is 4.81. The number of hydrogen-bond donors (Lipinski definition) is 0. The molecule has 1 atom stereocenters. The molecule has 0 aliphatic carbocycles. The van der Waals surface area contributed by atoms with Crippen LogP contribution in [-0.4, -0.2) is 69.3 Å². The Hall–Kier alpha value is -3.36. The van der Waals surface area contributed by atoms with Crippen molar-refractivity contribution in [2.75, 3.05) is 53.6 Å². The zero-order valence-electron chi connectivity index (χ0n) is 19.6. The highest BCUT2D eigenvalue weighted by atomic mass is 16.5. The van der Waals surface area contributed by atoms with E-state index in [2.05, 4.69) is 4.90 Å². The van der Waals surface area contributed by atoms with Crippen LogP contribution in [0.15, 0.2) is 45.6 Å². The van der Waals surface area contributed by atoms with Gasteiger partial charge >= 0.3 is 0 Å². The Balaban J connectivity index is 1.63. The van der Waals surface area contributed by atoms with Crippen LogP contribution in [0.25, 0.3) is 11.0 Å². The van der Waals surface area contributed by atoms with Gasteiger partial charge in [-0.2, -0.15) is 0 Å². The maximum atomic E-state index is 13.7. The zero-order valence-corrected chi connectivity index (χ0v) is 19.6. The third-order valence-corrected chi connectivity index (χ3v) is 6.61. The number of morpholine rings is 1. The summed E-state index contributed by atoms with van der Waals surface area (Å²) in [6, 6.07) is 10.4. The number of methoxy groups -OCH3 is 2. The van der Waals surface area contributed by atoms with Crippen LogP contribution in [-0.2, 0) is 4.74 Å². The second-order valence-electron chi connectivity index (χ2n) is 8.64. The summed E-state index contributed by atoms with van der Waals surface area (Å²) < 4.78 is 22.4. The van der Waals surface area contributed by atoms with Gasteiger partial charge in [0.2, 0.25) is 5.76 Å². The monoisotopic (exact) mass is 464 g/mol. The molecule has 1 saturated heterocycles. The number of amides is 1. The van der Waals surface area contributed by atoms with E-state index in [4.69, 9.17) is 18.6 Å². The molecule has 0 spiro atoms. The highest BCUT2D eigenvalue weighted by molar-refractivity contribution is 5.99. The lowest BCUT2D eigenvalue weighted by Gasteiger charge is -2.31. The van der Waals surface area contributed by atoms with E-state index in [1.54, 1.807) is 31.3 Å². The minimum Gasteiger partial charge on any atom is -0.493 e. The number of aryl methyl sites for hydroxylation is 1. The first-order chi connectivity index (χ1) is 16.5. The van der Waals surface area contributed by atoms with Gasteiger partial charge in [0.1, 0.15) is 5.58 Å². The Bertz CT molecular complexity index is 1290. The van der Waals surface area contributed by atoms with Crippen molar-refractivity contribution in [2.24, 2.45) is 0 Å². The molecule has 2 aromatic carbocycles. The summed E-state index contributed by atoms with van der Waals surface area (Å²) in [6.45, 7) is 6.05. The summed E-state index contributed by atoms with van der Waals surface area (Å²) in [7, 11) is 3.14. The number of hydrogen-bond acceptors (Lipinski definition) is 7. The van der Waals surface area contributed by atoms with E-state index in [9.17, 15) is 9.59 Å². The van der Waals surface area contributed by atoms with Gasteiger partial charge in [-0.25, -0.2) is 0 Å². The molecule has 0 N–H and O–H groups in total. The predicted molar refractivity (Wildman–Crippen MR) is 127 cm³/mol. The fourth-order valence-corrected chi connectivity index (χ4v) is 4.81. The number of rotatable bonds is 6. The van der Waals surface area contributed by atoms with Gasteiger partial charge in [-0.05, 0) is 36.8 Å². The Labute approximate surface area is 197 Å². The summed E-state index contributed by atoms with van der Waals surface area (Å²) in [4.78, 5) is 31.3. The number of nitrogens with zero attached hydrogens (tertiary/aromatic N) is 2. The lowest BCUT2D eigenvalue weighted by molar-refractivity contribution is 0.0314. The summed E-state index contributed by atoms with van der Waals surface area (Å²) in [5.41, 5.74) is 2.34. The fraction of sp³-hybridized carbons (Fsp3) is 0.385. The first-order valence-corrected chi connectivity index (χ1v) is 11.4. The topological polar surface area (TPSA) is 81.5 Å². The van der Waals surface area contributed by atoms with Crippen molar-refractivity contribution >= 4 is 16.9 Å². The maximum Gasteiger partial charge on any atom is 0.290 e. The van der Waals surface area contributed by atoms with Crippen LogP contribution in [0.5, 0.6) is 11.5 Å². The molecule has 8 heteroatoms. The molecule has 0 saturated carbocycles. The van der Waals surface area contributed by atoms with E-state index in [1.807, 2.05) is 31.2 Å². The maximum absolute atomic E-state index is 13.7. The normalized spacial score (nSPS) is 18.4. The molecular weight excluding hydrogens is 436 g/mol. The van der Waals surface area contributed by atoms with E-state index in [1.165, 1.54) is 0 Å². The van der Waals surface area contributed by atoms with Gasteiger partial charge in [-0.3, -0.25) is 14.5 Å². The molecule has 5 rings (SSSR count). The molecule has 3 aromatic rings. The number of ether oxygens (including phenoxy) is 3. The molecule has 0 radical (unpaired) electrons. The molecule has 3 heterocycles. The third kappa shape index (κ3) is 3.82. The Morgan fingerprint density at radius 3 is 2.47 bits per heavy atom. The quantitative estimate of drug-likeness (QED) is 0.555. The molecule has 0 unspecified atom stereocenters. The molecule has 8 nitrogen and oxygen atoms in total. The first kappa shape index (κ1) is 22.4. The summed E-state index contributed by atoms with van der Waals surface area (Å²) in [5, 5.41) is 0.479. The second-order valence-corrected chi connectivity index (χ2v) is 8.64. The number of carbonyl (C=O) groups excluding carboxylic acids is 1. The zero-order chi connectivity index (χ0) is 23.8. The SMILES string of the molecule is COc1ccc([C@@H]2c3c(oc4ccc(C)cc4c3=O)C(=O)N2CCN2CCOCC2)cc1OC.